The van der Waals surface area contributed by atoms with Gasteiger partial charge in [0, 0.05) is 25.3 Å². The minimum Gasteiger partial charge on any atom is -0.384 e. The van der Waals surface area contributed by atoms with Gasteiger partial charge in [-0.05, 0) is 36.9 Å². The number of para-hydroxylation sites is 1. The van der Waals surface area contributed by atoms with Crippen LogP contribution in [0.15, 0.2) is 18.2 Å². The first-order valence-corrected chi connectivity index (χ1v) is 7.10. The van der Waals surface area contributed by atoms with E-state index >= 15 is 0 Å². The molecule has 0 radical (unpaired) electrons. The third kappa shape index (κ3) is 3.07. The molecule has 3 rings (SSSR count). The van der Waals surface area contributed by atoms with Gasteiger partial charge < -0.3 is 11.1 Å². The van der Waals surface area contributed by atoms with Crippen LogP contribution in [0.3, 0.4) is 0 Å². The van der Waals surface area contributed by atoms with E-state index in [2.05, 4.69) is 28.4 Å². The SMILES string of the molecule is Cl.NC(=O)C1CCCN(Cc2cccc3c2NCC3)C1. The fourth-order valence-corrected chi connectivity index (χ4v) is 3.21. The van der Waals surface area contributed by atoms with Gasteiger partial charge in [-0.25, -0.2) is 0 Å². The smallest absolute Gasteiger partial charge is 0.221 e. The highest BCUT2D eigenvalue weighted by Crippen LogP contribution is 2.28. The zero-order valence-electron chi connectivity index (χ0n) is 11.6. The molecule has 1 aromatic carbocycles. The van der Waals surface area contributed by atoms with E-state index in [0.717, 1.165) is 45.4 Å². The molecule has 4 nitrogen and oxygen atoms in total. The maximum absolute atomic E-state index is 11.3. The second-order valence-corrected chi connectivity index (χ2v) is 5.60. The van der Waals surface area contributed by atoms with E-state index in [1.165, 1.54) is 16.8 Å². The molecular formula is C15H22ClN3O. The number of amides is 1. The molecule has 1 unspecified atom stereocenters. The molecule has 3 N–H and O–H groups in total. The summed E-state index contributed by atoms with van der Waals surface area (Å²) < 4.78 is 0. The number of benzene rings is 1. The second kappa shape index (κ2) is 6.46. The van der Waals surface area contributed by atoms with E-state index in [0.29, 0.717) is 0 Å². The summed E-state index contributed by atoms with van der Waals surface area (Å²) in [6.07, 6.45) is 3.13. The van der Waals surface area contributed by atoms with Crippen LogP contribution in [0, 0.1) is 5.92 Å². The van der Waals surface area contributed by atoms with Crippen molar-refractivity contribution >= 4 is 24.0 Å². The third-order valence-corrected chi connectivity index (χ3v) is 4.23. The van der Waals surface area contributed by atoms with Crippen molar-refractivity contribution in [1.82, 2.24) is 4.90 Å². The molecule has 1 saturated heterocycles. The molecular weight excluding hydrogens is 274 g/mol. The molecule has 1 fully saturated rings. The first-order valence-electron chi connectivity index (χ1n) is 7.10. The number of fused-ring (bicyclic) bond motifs is 1. The second-order valence-electron chi connectivity index (χ2n) is 5.60. The summed E-state index contributed by atoms with van der Waals surface area (Å²) in [5.41, 5.74) is 9.51. The quantitative estimate of drug-likeness (QED) is 0.893. The number of rotatable bonds is 3. The molecule has 2 aliphatic rings. The zero-order valence-corrected chi connectivity index (χ0v) is 12.4. The molecule has 0 aromatic heterocycles. The number of carbonyl (C=O) groups excluding carboxylic acids is 1. The molecule has 0 bridgehead atoms. The number of hydrogen-bond acceptors (Lipinski definition) is 3. The Balaban J connectivity index is 0.00000147. The van der Waals surface area contributed by atoms with Crippen molar-refractivity contribution in [3.63, 3.8) is 0 Å². The number of nitrogens with one attached hydrogen (secondary N) is 1. The number of piperidine rings is 1. The van der Waals surface area contributed by atoms with Gasteiger partial charge in [0.25, 0.3) is 0 Å². The Morgan fingerprint density at radius 2 is 2.30 bits per heavy atom. The Bertz CT molecular complexity index is 492. The number of primary amides is 1. The van der Waals surface area contributed by atoms with Crippen molar-refractivity contribution < 1.29 is 4.79 Å². The van der Waals surface area contributed by atoms with Gasteiger partial charge in [0.2, 0.25) is 5.91 Å². The fraction of sp³-hybridized carbons (Fsp3) is 0.533. The van der Waals surface area contributed by atoms with E-state index in [9.17, 15) is 4.79 Å². The molecule has 110 valence electrons. The van der Waals surface area contributed by atoms with Crippen LogP contribution in [-0.4, -0.2) is 30.4 Å². The van der Waals surface area contributed by atoms with Gasteiger partial charge in [-0.2, -0.15) is 0 Å². The Morgan fingerprint density at radius 1 is 1.45 bits per heavy atom. The number of carbonyl (C=O) groups is 1. The summed E-state index contributed by atoms with van der Waals surface area (Å²) in [5.74, 6) is -0.125. The highest BCUT2D eigenvalue weighted by molar-refractivity contribution is 5.85. The predicted octanol–water partition coefficient (Wildman–Crippen LogP) is 1.77. The first kappa shape index (κ1) is 15.1. The largest absolute Gasteiger partial charge is 0.384 e. The summed E-state index contributed by atoms with van der Waals surface area (Å²) in [4.78, 5) is 13.7. The summed E-state index contributed by atoms with van der Waals surface area (Å²) in [5, 5.41) is 3.47. The van der Waals surface area contributed by atoms with Crippen LogP contribution in [-0.2, 0) is 17.8 Å². The summed E-state index contributed by atoms with van der Waals surface area (Å²) >= 11 is 0. The topological polar surface area (TPSA) is 58.4 Å². The summed E-state index contributed by atoms with van der Waals surface area (Å²) in [6.45, 7) is 3.82. The number of nitrogens with two attached hydrogens (primary N) is 1. The van der Waals surface area contributed by atoms with Crippen LogP contribution in [0.4, 0.5) is 5.69 Å². The lowest BCUT2D eigenvalue weighted by molar-refractivity contribution is -0.123. The van der Waals surface area contributed by atoms with Crippen molar-refractivity contribution in [3.05, 3.63) is 29.3 Å². The number of likely N-dealkylation sites (tertiary alicyclic amines) is 1. The van der Waals surface area contributed by atoms with Crippen LogP contribution >= 0.6 is 12.4 Å². The van der Waals surface area contributed by atoms with E-state index < -0.39 is 0 Å². The maximum atomic E-state index is 11.3. The van der Waals surface area contributed by atoms with Crippen LogP contribution < -0.4 is 11.1 Å². The van der Waals surface area contributed by atoms with Gasteiger partial charge >= 0.3 is 0 Å². The number of anilines is 1. The van der Waals surface area contributed by atoms with Gasteiger partial charge in [-0.1, -0.05) is 18.2 Å². The molecule has 1 aromatic rings. The standard InChI is InChI=1S/C15H21N3O.ClH/c16-15(19)13-5-2-8-18(10-13)9-12-4-1-3-11-6-7-17-14(11)12;/h1,3-4,13,17H,2,5-10H2,(H2,16,19);1H. The third-order valence-electron chi connectivity index (χ3n) is 4.23. The highest BCUT2D eigenvalue weighted by Gasteiger charge is 2.25. The minimum absolute atomic E-state index is 0. The lowest BCUT2D eigenvalue weighted by Crippen LogP contribution is -2.40. The molecule has 0 saturated carbocycles. The fourth-order valence-electron chi connectivity index (χ4n) is 3.21. The Labute approximate surface area is 126 Å². The molecule has 2 aliphatic heterocycles. The van der Waals surface area contributed by atoms with E-state index in [4.69, 9.17) is 5.73 Å². The highest BCUT2D eigenvalue weighted by atomic mass is 35.5. The maximum Gasteiger partial charge on any atom is 0.221 e. The Morgan fingerprint density at radius 3 is 3.10 bits per heavy atom. The van der Waals surface area contributed by atoms with E-state index in [1.807, 2.05) is 0 Å². The molecule has 20 heavy (non-hydrogen) atoms. The lowest BCUT2D eigenvalue weighted by atomic mass is 9.96. The van der Waals surface area contributed by atoms with Gasteiger partial charge in [0.15, 0.2) is 0 Å². The molecule has 2 heterocycles. The summed E-state index contributed by atoms with van der Waals surface area (Å²) in [7, 11) is 0. The first-order chi connectivity index (χ1) is 9.24. The summed E-state index contributed by atoms with van der Waals surface area (Å²) in [6, 6.07) is 6.52. The zero-order chi connectivity index (χ0) is 13.2. The van der Waals surface area contributed by atoms with Gasteiger partial charge in [0.1, 0.15) is 0 Å². The number of hydrogen-bond donors (Lipinski definition) is 2. The van der Waals surface area contributed by atoms with Gasteiger partial charge in [0.05, 0.1) is 5.92 Å². The van der Waals surface area contributed by atoms with E-state index in [1.54, 1.807) is 0 Å². The van der Waals surface area contributed by atoms with Gasteiger partial charge in [-0.15, -0.1) is 12.4 Å². The number of nitrogens with zero attached hydrogens (tertiary/aromatic N) is 1. The van der Waals surface area contributed by atoms with Crippen molar-refractivity contribution in [3.8, 4) is 0 Å². The van der Waals surface area contributed by atoms with Crippen molar-refractivity contribution in [1.29, 1.82) is 0 Å². The van der Waals surface area contributed by atoms with Crippen molar-refractivity contribution in [2.75, 3.05) is 25.0 Å². The molecule has 5 heteroatoms. The normalized spacial score (nSPS) is 21.7. The van der Waals surface area contributed by atoms with Gasteiger partial charge in [-0.3, -0.25) is 9.69 Å². The monoisotopic (exact) mass is 295 g/mol. The van der Waals surface area contributed by atoms with Crippen LogP contribution in [0.2, 0.25) is 0 Å². The minimum atomic E-state index is -0.152. The molecule has 0 aliphatic carbocycles. The predicted molar refractivity (Wildman–Crippen MR) is 83.1 cm³/mol. The Hall–Kier alpha value is -1.26. The number of halogens is 1. The molecule has 1 amide bonds. The van der Waals surface area contributed by atoms with Crippen LogP contribution in [0.25, 0.3) is 0 Å². The van der Waals surface area contributed by atoms with Crippen molar-refractivity contribution in [2.24, 2.45) is 11.7 Å². The van der Waals surface area contributed by atoms with Crippen molar-refractivity contribution in [2.45, 2.75) is 25.8 Å². The van der Waals surface area contributed by atoms with Crippen LogP contribution in [0.5, 0.6) is 0 Å². The van der Waals surface area contributed by atoms with E-state index in [-0.39, 0.29) is 24.2 Å². The molecule has 1 atom stereocenters. The van der Waals surface area contributed by atoms with Crippen LogP contribution in [0.1, 0.15) is 24.0 Å². The average molecular weight is 296 g/mol. The lowest BCUT2D eigenvalue weighted by Gasteiger charge is -2.31. The molecule has 0 spiro atoms. The average Bonchev–Trinajstić information content (AvgIpc) is 2.88. The Kier molecular flexibility index (Phi) is 4.89.